The molecule has 0 saturated heterocycles. The zero-order valence-electron chi connectivity index (χ0n) is 9.44. The van der Waals surface area contributed by atoms with Crippen LogP contribution >= 0.6 is 0 Å². The molecule has 0 unspecified atom stereocenters. The van der Waals surface area contributed by atoms with Gasteiger partial charge < -0.3 is 5.32 Å². The molecule has 0 aliphatic carbocycles. The van der Waals surface area contributed by atoms with Crippen molar-refractivity contribution in [1.82, 2.24) is 5.32 Å². The van der Waals surface area contributed by atoms with Gasteiger partial charge in [-0.15, -0.1) is 0 Å². The second-order valence-electron chi connectivity index (χ2n) is 4.30. The average molecular weight is 223 g/mol. The Hall–Kier alpha value is -2.09. The highest BCUT2D eigenvalue weighted by Gasteiger charge is 2.14. The van der Waals surface area contributed by atoms with E-state index in [0.717, 1.165) is 5.56 Å². The van der Waals surface area contributed by atoms with Gasteiger partial charge in [0.05, 0.1) is 6.42 Å². The molecule has 0 atom stereocenters. The number of benzene rings is 2. The van der Waals surface area contributed by atoms with E-state index >= 15 is 0 Å². The lowest BCUT2D eigenvalue weighted by Gasteiger charge is -2.17. The Morgan fingerprint density at radius 3 is 2.53 bits per heavy atom. The van der Waals surface area contributed by atoms with Gasteiger partial charge in [-0.1, -0.05) is 42.5 Å². The number of nitrogens with one attached hydrogen (secondary N) is 1. The third-order valence-electron chi connectivity index (χ3n) is 3.14. The molecule has 1 amide bonds. The highest BCUT2D eigenvalue weighted by Crippen LogP contribution is 2.24. The number of carbonyl (C=O) groups excluding carboxylic acids is 1. The van der Waals surface area contributed by atoms with Gasteiger partial charge in [-0.05, 0) is 28.3 Å². The van der Waals surface area contributed by atoms with Crippen LogP contribution in [0.15, 0.2) is 48.5 Å². The number of carbonyl (C=O) groups is 1. The Labute approximate surface area is 100 Å². The van der Waals surface area contributed by atoms with Crippen LogP contribution < -0.4 is 5.32 Å². The number of rotatable bonds is 1. The summed E-state index contributed by atoms with van der Waals surface area (Å²) >= 11 is 0. The summed E-state index contributed by atoms with van der Waals surface area (Å²) in [7, 11) is 0. The summed E-state index contributed by atoms with van der Waals surface area (Å²) in [6, 6.07) is 16.6. The molecular formula is C15H13NO. The highest BCUT2D eigenvalue weighted by atomic mass is 16.1. The quantitative estimate of drug-likeness (QED) is 0.790. The van der Waals surface area contributed by atoms with Crippen LogP contribution in [0.3, 0.4) is 0 Å². The van der Waals surface area contributed by atoms with E-state index in [4.69, 9.17) is 0 Å². The van der Waals surface area contributed by atoms with Gasteiger partial charge in [0.15, 0.2) is 0 Å². The number of hydrogen-bond acceptors (Lipinski definition) is 1. The van der Waals surface area contributed by atoms with Crippen LogP contribution in [0, 0.1) is 0 Å². The minimum Gasteiger partial charge on any atom is -0.352 e. The lowest BCUT2D eigenvalue weighted by atomic mass is 9.95. The molecule has 1 N–H and O–H groups in total. The van der Waals surface area contributed by atoms with Crippen LogP contribution in [-0.4, -0.2) is 5.91 Å². The van der Waals surface area contributed by atoms with Gasteiger partial charge in [-0.25, -0.2) is 0 Å². The van der Waals surface area contributed by atoms with Crippen LogP contribution in [0.25, 0.3) is 11.1 Å². The standard InChI is InChI=1S/C15H13NO/c17-15-9-13-7-6-12(8-14(13)10-16-15)11-4-2-1-3-5-11/h1-8H,9-10H2,(H,16,17). The fraction of sp³-hybridized carbons (Fsp3) is 0.133. The highest BCUT2D eigenvalue weighted by molar-refractivity contribution is 5.81. The van der Waals surface area contributed by atoms with E-state index < -0.39 is 0 Å². The minimum absolute atomic E-state index is 0.116. The summed E-state index contributed by atoms with van der Waals surface area (Å²) in [6.45, 7) is 0.648. The molecule has 0 bridgehead atoms. The van der Waals surface area contributed by atoms with Gasteiger partial charge >= 0.3 is 0 Å². The minimum atomic E-state index is 0.116. The summed E-state index contributed by atoms with van der Waals surface area (Å²) in [6.07, 6.45) is 0.504. The van der Waals surface area contributed by atoms with E-state index in [9.17, 15) is 4.79 Å². The van der Waals surface area contributed by atoms with Crippen molar-refractivity contribution in [1.29, 1.82) is 0 Å². The van der Waals surface area contributed by atoms with Gasteiger partial charge in [0.25, 0.3) is 0 Å². The lowest BCUT2D eigenvalue weighted by molar-refractivity contribution is -0.121. The van der Waals surface area contributed by atoms with Crippen LogP contribution in [0.2, 0.25) is 0 Å². The van der Waals surface area contributed by atoms with Gasteiger partial charge in [-0.3, -0.25) is 4.79 Å². The van der Waals surface area contributed by atoms with E-state index in [-0.39, 0.29) is 5.91 Å². The molecule has 1 aliphatic rings. The topological polar surface area (TPSA) is 29.1 Å². The monoisotopic (exact) mass is 223 g/mol. The van der Waals surface area contributed by atoms with Crippen molar-refractivity contribution in [2.45, 2.75) is 13.0 Å². The molecular weight excluding hydrogens is 210 g/mol. The van der Waals surface area contributed by atoms with Crippen molar-refractivity contribution < 1.29 is 4.79 Å². The Bertz CT molecular complexity index is 560. The first-order valence-electron chi connectivity index (χ1n) is 5.77. The van der Waals surface area contributed by atoms with E-state index in [2.05, 4.69) is 35.6 Å². The second-order valence-corrected chi connectivity index (χ2v) is 4.30. The smallest absolute Gasteiger partial charge is 0.224 e. The average Bonchev–Trinajstić information content (AvgIpc) is 2.39. The SMILES string of the molecule is O=C1Cc2ccc(-c3ccccc3)cc2CN1. The molecule has 1 aliphatic heterocycles. The lowest BCUT2D eigenvalue weighted by Crippen LogP contribution is -2.30. The molecule has 2 heteroatoms. The maximum Gasteiger partial charge on any atom is 0.224 e. The molecule has 0 saturated carbocycles. The van der Waals surface area contributed by atoms with E-state index in [1.54, 1.807) is 0 Å². The summed E-state index contributed by atoms with van der Waals surface area (Å²) in [5.74, 6) is 0.116. The molecule has 2 aromatic carbocycles. The number of fused-ring (bicyclic) bond motifs is 1. The molecule has 0 radical (unpaired) electrons. The Morgan fingerprint density at radius 1 is 0.882 bits per heavy atom. The summed E-state index contributed by atoms with van der Waals surface area (Å²) in [5.41, 5.74) is 4.80. The van der Waals surface area contributed by atoms with Crippen LogP contribution in [0.1, 0.15) is 11.1 Å². The normalized spacial score (nSPS) is 14.0. The first-order valence-corrected chi connectivity index (χ1v) is 5.77. The fourth-order valence-electron chi connectivity index (χ4n) is 2.20. The summed E-state index contributed by atoms with van der Waals surface area (Å²) in [5, 5.41) is 2.88. The Balaban J connectivity index is 2.02. The van der Waals surface area contributed by atoms with E-state index in [0.29, 0.717) is 13.0 Å². The molecule has 2 nitrogen and oxygen atoms in total. The third kappa shape index (κ3) is 1.94. The predicted molar refractivity (Wildman–Crippen MR) is 67.4 cm³/mol. The fourth-order valence-corrected chi connectivity index (χ4v) is 2.20. The Kier molecular flexibility index (Phi) is 2.41. The third-order valence-corrected chi connectivity index (χ3v) is 3.14. The number of hydrogen-bond donors (Lipinski definition) is 1. The van der Waals surface area contributed by atoms with Crippen molar-refractivity contribution in [2.24, 2.45) is 0 Å². The molecule has 3 rings (SSSR count). The van der Waals surface area contributed by atoms with Crippen molar-refractivity contribution in [3.63, 3.8) is 0 Å². The first kappa shape index (κ1) is 10.1. The molecule has 2 aromatic rings. The molecule has 0 aromatic heterocycles. The zero-order chi connectivity index (χ0) is 11.7. The molecule has 84 valence electrons. The zero-order valence-corrected chi connectivity index (χ0v) is 9.44. The molecule has 17 heavy (non-hydrogen) atoms. The van der Waals surface area contributed by atoms with Gasteiger partial charge in [-0.2, -0.15) is 0 Å². The van der Waals surface area contributed by atoms with Crippen molar-refractivity contribution >= 4 is 5.91 Å². The maximum absolute atomic E-state index is 11.3. The number of amides is 1. The summed E-state index contributed by atoms with van der Waals surface area (Å²) < 4.78 is 0. The molecule has 0 spiro atoms. The van der Waals surface area contributed by atoms with Crippen molar-refractivity contribution in [3.05, 3.63) is 59.7 Å². The largest absolute Gasteiger partial charge is 0.352 e. The van der Waals surface area contributed by atoms with Crippen molar-refractivity contribution in [2.75, 3.05) is 0 Å². The van der Waals surface area contributed by atoms with E-state index in [1.165, 1.54) is 16.7 Å². The molecule has 0 fully saturated rings. The van der Waals surface area contributed by atoms with Gasteiger partial charge in [0, 0.05) is 6.54 Å². The van der Waals surface area contributed by atoms with Crippen LogP contribution in [-0.2, 0) is 17.8 Å². The molecule has 1 heterocycles. The predicted octanol–water partition coefficient (Wildman–Crippen LogP) is 2.53. The van der Waals surface area contributed by atoms with E-state index in [1.807, 2.05) is 18.2 Å². The Morgan fingerprint density at radius 2 is 1.71 bits per heavy atom. The van der Waals surface area contributed by atoms with Crippen LogP contribution in [0.5, 0.6) is 0 Å². The first-order chi connectivity index (χ1) is 8.33. The van der Waals surface area contributed by atoms with Crippen LogP contribution in [0.4, 0.5) is 0 Å². The summed E-state index contributed by atoms with van der Waals surface area (Å²) in [4.78, 5) is 11.3. The van der Waals surface area contributed by atoms with Crippen molar-refractivity contribution in [3.8, 4) is 11.1 Å². The van der Waals surface area contributed by atoms with Gasteiger partial charge in [0.2, 0.25) is 5.91 Å². The second kappa shape index (κ2) is 4.06. The van der Waals surface area contributed by atoms with Gasteiger partial charge in [0.1, 0.15) is 0 Å². The maximum atomic E-state index is 11.3.